The predicted molar refractivity (Wildman–Crippen MR) is 156 cm³/mol. The van der Waals surface area contributed by atoms with Gasteiger partial charge in [-0.25, -0.2) is 4.79 Å². The Balaban J connectivity index is 1.61. The summed E-state index contributed by atoms with van der Waals surface area (Å²) in [6.07, 6.45) is 0. The molecule has 3 aromatic rings. The summed E-state index contributed by atoms with van der Waals surface area (Å²) in [5, 5.41) is 9.35. The molecule has 2 unspecified atom stereocenters. The van der Waals surface area contributed by atoms with Crippen molar-refractivity contribution in [2.45, 2.75) is 12.1 Å². The topological polar surface area (TPSA) is 68.6 Å². The number of amides is 2. The third-order valence-electron chi connectivity index (χ3n) is 7.10. The van der Waals surface area contributed by atoms with Gasteiger partial charge in [0.1, 0.15) is 17.6 Å². The molecule has 1 N–H and O–H groups in total. The molecule has 0 spiro atoms. The molecule has 2 amide bonds. The minimum atomic E-state index is -0.341. The van der Waals surface area contributed by atoms with E-state index in [0.717, 1.165) is 38.7 Å². The van der Waals surface area contributed by atoms with Crippen molar-refractivity contribution >= 4 is 43.7 Å². The summed E-state index contributed by atoms with van der Waals surface area (Å²) < 4.78 is 7.67. The van der Waals surface area contributed by atoms with Crippen LogP contribution in [-0.2, 0) is 0 Å². The number of methoxy groups -OCH3 is 1. The maximum Gasteiger partial charge on any atom is 0.326 e. The number of rotatable bonds is 6. The van der Waals surface area contributed by atoms with Gasteiger partial charge in [-0.3, -0.25) is 14.8 Å². The quantitative estimate of drug-likeness (QED) is 0.386. The first kappa shape index (κ1) is 26.9. The van der Waals surface area contributed by atoms with Crippen molar-refractivity contribution in [1.29, 1.82) is 0 Å². The molecule has 2 heterocycles. The Kier molecular flexibility index (Phi) is 8.48. The van der Waals surface area contributed by atoms with E-state index in [4.69, 9.17) is 9.73 Å². The summed E-state index contributed by atoms with van der Waals surface area (Å²) in [5.41, 5.74) is 2.81. The van der Waals surface area contributed by atoms with Gasteiger partial charge in [-0.15, -0.1) is 0 Å². The lowest BCUT2D eigenvalue weighted by molar-refractivity contribution is 0.108. The number of amidine groups is 1. The molecule has 198 valence electrons. The third-order valence-corrected chi connectivity index (χ3v) is 8.16. The number of hydrogen-bond acceptors (Lipinski definition) is 5. The number of ether oxygens (including phenoxy) is 1. The highest BCUT2D eigenvalue weighted by Crippen LogP contribution is 2.45. The van der Waals surface area contributed by atoms with E-state index in [-0.39, 0.29) is 24.7 Å². The van der Waals surface area contributed by atoms with Gasteiger partial charge in [0.05, 0.1) is 25.3 Å². The van der Waals surface area contributed by atoms with Crippen LogP contribution in [-0.4, -0.2) is 78.1 Å². The minimum Gasteiger partial charge on any atom is -0.496 e. The highest BCUT2D eigenvalue weighted by molar-refractivity contribution is 9.10. The fourth-order valence-electron chi connectivity index (χ4n) is 5.14. The Hall–Kier alpha value is -2.72. The van der Waals surface area contributed by atoms with Crippen LogP contribution in [0.25, 0.3) is 0 Å². The summed E-state index contributed by atoms with van der Waals surface area (Å²) in [5.74, 6) is 1.27. The fraction of sp³-hybridized carbons (Fsp3) is 0.310. The summed E-state index contributed by atoms with van der Waals surface area (Å²) in [6.45, 7) is 3.35. The van der Waals surface area contributed by atoms with Gasteiger partial charge in [-0.05, 0) is 47.5 Å². The molecule has 2 aliphatic rings. The van der Waals surface area contributed by atoms with Crippen LogP contribution in [0.15, 0.2) is 86.7 Å². The van der Waals surface area contributed by atoms with Crippen molar-refractivity contribution in [2.24, 2.45) is 4.99 Å². The zero-order chi connectivity index (χ0) is 26.6. The van der Waals surface area contributed by atoms with Crippen LogP contribution in [0.3, 0.4) is 0 Å². The smallest absolute Gasteiger partial charge is 0.326 e. The standard InChI is InChI=1S/C29H30Br2N4O3/c1-38-25-5-3-2-4-24(25)28-32-26(20-6-10-22(30)11-7-20)27(21-8-12-23(31)13-9-21)35(28)29(37)34-16-14-33(15-17-34)18-19-36/h2-13,26-27,36H,14-19H2,1H3. The number of aliphatic hydroxyl groups is 1. The number of carbonyl (C=O) groups excluding carboxylic acids is 1. The average Bonchev–Trinajstić information content (AvgIpc) is 3.34. The van der Waals surface area contributed by atoms with Crippen molar-refractivity contribution in [1.82, 2.24) is 14.7 Å². The summed E-state index contributed by atoms with van der Waals surface area (Å²) >= 11 is 7.10. The van der Waals surface area contributed by atoms with Crippen LogP contribution >= 0.6 is 31.9 Å². The number of β-amino-alcohol motifs (C(OH)–C–C–N with tert-alkyl or cyclic N) is 1. The fourth-order valence-corrected chi connectivity index (χ4v) is 5.67. The zero-order valence-corrected chi connectivity index (χ0v) is 24.3. The van der Waals surface area contributed by atoms with E-state index in [2.05, 4.69) is 61.0 Å². The molecule has 5 rings (SSSR count). The Labute approximate surface area is 240 Å². The van der Waals surface area contributed by atoms with Gasteiger partial charge in [-0.2, -0.15) is 0 Å². The van der Waals surface area contributed by atoms with Crippen LogP contribution in [0.2, 0.25) is 0 Å². The average molecular weight is 642 g/mol. The van der Waals surface area contributed by atoms with Gasteiger partial charge in [0.15, 0.2) is 0 Å². The first-order valence-corrected chi connectivity index (χ1v) is 14.2. The number of benzene rings is 3. The van der Waals surface area contributed by atoms with Gasteiger partial charge in [0.2, 0.25) is 0 Å². The van der Waals surface area contributed by atoms with Crippen LogP contribution in [0, 0.1) is 0 Å². The summed E-state index contributed by atoms with van der Waals surface area (Å²) in [7, 11) is 1.64. The van der Waals surface area contributed by atoms with Crippen LogP contribution in [0.4, 0.5) is 4.79 Å². The Bertz CT molecular complexity index is 1290. The van der Waals surface area contributed by atoms with Gasteiger partial charge in [0.25, 0.3) is 0 Å². The van der Waals surface area contributed by atoms with E-state index in [1.54, 1.807) is 7.11 Å². The SMILES string of the molecule is COc1ccccc1C1=NC(c2ccc(Br)cc2)C(c2ccc(Br)cc2)N1C(=O)N1CCN(CCO)CC1. The van der Waals surface area contributed by atoms with E-state index < -0.39 is 0 Å². The highest BCUT2D eigenvalue weighted by atomic mass is 79.9. The van der Waals surface area contributed by atoms with Crippen molar-refractivity contribution in [2.75, 3.05) is 46.4 Å². The molecule has 1 saturated heterocycles. The Morgan fingerprint density at radius 2 is 1.53 bits per heavy atom. The lowest BCUT2D eigenvalue weighted by Crippen LogP contribution is -2.54. The molecule has 0 aliphatic carbocycles. The van der Waals surface area contributed by atoms with E-state index in [9.17, 15) is 9.90 Å². The molecule has 1 fully saturated rings. The number of aliphatic hydroxyl groups excluding tert-OH is 1. The maximum absolute atomic E-state index is 14.4. The molecule has 2 aliphatic heterocycles. The molecule has 0 saturated carbocycles. The molecule has 9 heteroatoms. The Morgan fingerprint density at radius 1 is 0.921 bits per heavy atom. The minimum absolute atomic E-state index is 0.0779. The molecule has 7 nitrogen and oxygen atoms in total. The molecule has 0 bridgehead atoms. The summed E-state index contributed by atoms with van der Waals surface area (Å²) in [6, 6.07) is 23.3. The van der Waals surface area contributed by atoms with Crippen LogP contribution in [0.1, 0.15) is 28.8 Å². The largest absolute Gasteiger partial charge is 0.496 e. The highest BCUT2D eigenvalue weighted by Gasteiger charge is 2.44. The Morgan fingerprint density at radius 3 is 2.13 bits per heavy atom. The molecule has 0 aromatic heterocycles. The number of aliphatic imine (C=N–C) groups is 1. The maximum atomic E-state index is 14.4. The van der Waals surface area contributed by atoms with Crippen molar-refractivity contribution in [3.05, 3.63) is 98.4 Å². The first-order chi connectivity index (χ1) is 18.5. The van der Waals surface area contributed by atoms with Crippen molar-refractivity contribution in [3.8, 4) is 5.75 Å². The molecule has 0 radical (unpaired) electrons. The van der Waals surface area contributed by atoms with E-state index in [1.165, 1.54) is 0 Å². The second-order valence-electron chi connectivity index (χ2n) is 9.35. The monoisotopic (exact) mass is 640 g/mol. The van der Waals surface area contributed by atoms with E-state index in [1.807, 2.05) is 58.3 Å². The van der Waals surface area contributed by atoms with Crippen molar-refractivity contribution in [3.63, 3.8) is 0 Å². The second kappa shape index (κ2) is 12.0. The normalized spacial score (nSPS) is 19.9. The molecule has 2 atom stereocenters. The number of nitrogens with zero attached hydrogens (tertiary/aromatic N) is 4. The number of piperazine rings is 1. The zero-order valence-electron chi connectivity index (χ0n) is 21.1. The molecular weight excluding hydrogens is 612 g/mol. The first-order valence-electron chi connectivity index (χ1n) is 12.6. The number of urea groups is 1. The third kappa shape index (κ3) is 5.52. The number of carbonyl (C=O) groups is 1. The van der Waals surface area contributed by atoms with E-state index >= 15 is 0 Å². The lowest BCUT2D eigenvalue weighted by Gasteiger charge is -2.39. The van der Waals surface area contributed by atoms with Gasteiger partial charge >= 0.3 is 6.03 Å². The van der Waals surface area contributed by atoms with Gasteiger partial charge in [-0.1, -0.05) is 68.3 Å². The number of para-hydroxylation sites is 1. The van der Waals surface area contributed by atoms with Crippen LogP contribution < -0.4 is 4.74 Å². The molecular formula is C29H30Br2N4O3. The van der Waals surface area contributed by atoms with Gasteiger partial charge in [0, 0.05) is 41.7 Å². The van der Waals surface area contributed by atoms with Gasteiger partial charge < -0.3 is 14.7 Å². The van der Waals surface area contributed by atoms with Crippen LogP contribution in [0.5, 0.6) is 5.75 Å². The number of halogens is 2. The molecule has 38 heavy (non-hydrogen) atoms. The second-order valence-corrected chi connectivity index (χ2v) is 11.2. The molecule has 3 aromatic carbocycles. The van der Waals surface area contributed by atoms with Crippen molar-refractivity contribution < 1.29 is 14.6 Å². The lowest BCUT2D eigenvalue weighted by atomic mass is 9.94. The summed E-state index contributed by atoms with van der Waals surface area (Å²) in [4.78, 5) is 25.5. The number of hydrogen-bond donors (Lipinski definition) is 1. The van der Waals surface area contributed by atoms with E-state index in [0.29, 0.717) is 31.2 Å². The predicted octanol–water partition coefficient (Wildman–Crippen LogP) is 5.49.